The van der Waals surface area contributed by atoms with Crippen molar-refractivity contribution in [2.45, 2.75) is 38.3 Å². The monoisotopic (exact) mass is 456 g/mol. The second kappa shape index (κ2) is 8.72. The van der Waals surface area contributed by atoms with E-state index < -0.39 is 0 Å². The highest BCUT2D eigenvalue weighted by atomic mass is 16.5. The Balaban J connectivity index is 1.62. The number of hydrogen-bond donors (Lipinski definition) is 1. The van der Waals surface area contributed by atoms with Gasteiger partial charge in [-0.25, -0.2) is 4.98 Å². The van der Waals surface area contributed by atoms with Gasteiger partial charge in [-0.3, -0.25) is 14.6 Å². The molecule has 4 heterocycles. The summed E-state index contributed by atoms with van der Waals surface area (Å²) >= 11 is 0. The normalized spacial score (nSPS) is 18.1. The Hall–Kier alpha value is -4.03. The molecule has 1 fully saturated rings. The van der Waals surface area contributed by atoms with Crippen LogP contribution in [0, 0.1) is 11.3 Å². The number of hydrogen-bond acceptors (Lipinski definition) is 6. The van der Waals surface area contributed by atoms with E-state index in [-0.39, 0.29) is 35.7 Å². The van der Waals surface area contributed by atoms with E-state index in [1.54, 1.807) is 37.6 Å². The average Bonchev–Trinajstić information content (AvgIpc) is 3.20. The Morgan fingerprint density at radius 1 is 1.32 bits per heavy atom. The number of nitrogens with zero attached hydrogens (tertiary/aromatic N) is 5. The van der Waals surface area contributed by atoms with Crippen LogP contribution >= 0.6 is 0 Å². The molecule has 0 spiro atoms. The summed E-state index contributed by atoms with van der Waals surface area (Å²) in [6, 6.07) is 11.0. The zero-order valence-corrected chi connectivity index (χ0v) is 19.0. The summed E-state index contributed by atoms with van der Waals surface area (Å²) in [6.07, 6.45) is 4.98. The first-order valence-corrected chi connectivity index (χ1v) is 11.2. The molecule has 9 heteroatoms. The Morgan fingerprint density at radius 2 is 2.18 bits per heavy atom. The third-order valence-electron chi connectivity index (χ3n) is 6.26. The lowest BCUT2D eigenvalue weighted by Crippen LogP contribution is -2.28. The van der Waals surface area contributed by atoms with E-state index in [2.05, 4.69) is 20.9 Å². The van der Waals surface area contributed by atoms with Crippen LogP contribution in [0.25, 0.3) is 21.9 Å². The molecule has 0 bridgehead atoms. The molecule has 0 unspecified atom stereocenters. The minimum Gasteiger partial charge on any atom is -0.378 e. The van der Waals surface area contributed by atoms with Crippen molar-refractivity contribution in [2.75, 3.05) is 11.9 Å². The third kappa shape index (κ3) is 3.93. The summed E-state index contributed by atoms with van der Waals surface area (Å²) in [7, 11) is 1.64. The van der Waals surface area contributed by atoms with Crippen LogP contribution in [0.2, 0.25) is 0 Å². The Kier molecular flexibility index (Phi) is 5.59. The van der Waals surface area contributed by atoms with Crippen molar-refractivity contribution >= 4 is 33.5 Å². The van der Waals surface area contributed by atoms with Crippen LogP contribution in [0.3, 0.4) is 0 Å². The fourth-order valence-electron chi connectivity index (χ4n) is 4.65. The number of imidazole rings is 1. The predicted molar refractivity (Wildman–Crippen MR) is 127 cm³/mol. The number of rotatable bonds is 4. The summed E-state index contributed by atoms with van der Waals surface area (Å²) in [5.41, 5.74) is 2.77. The second-order valence-electron chi connectivity index (χ2n) is 8.66. The predicted octanol–water partition coefficient (Wildman–Crippen LogP) is 3.08. The number of fused-ring (bicyclic) bond motifs is 3. The average molecular weight is 457 g/mol. The van der Waals surface area contributed by atoms with E-state index in [4.69, 9.17) is 9.72 Å². The first-order valence-electron chi connectivity index (χ1n) is 11.2. The Morgan fingerprint density at radius 3 is 2.97 bits per heavy atom. The summed E-state index contributed by atoms with van der Waals surface area (Å²) in [6.45, 7) is 2.65. The van der Waals surface area contributed by atoms with Gasteiger partial charge in [-0.05, 0) is 50.1 Å². The van der Waals surface area contributed by atoms with Gasteiger partial charge in [0.05, 0.1) is 41.4 Å². The van der Waals surface area contributed by atoms with Gasteiger partial charge >= 0.3 is 0 Å². The molecule has 1 saturated heterocycles. The fourth-order valence-corrected chi connectivity index (χ4v) is 4.65. The van der Waals surface area contributed by atoms with E-state index >= 15 is 0 Å². The number of aryl methyl sites for hydroxylation is 1. The van der Waals surface area contributed by atoms with Crippen LogP contribution in [-0.4, -0.2) is 37.7 Å². The lowest BCUT2D eigenvalue weighted by molar-refractivity contribution is -0.115. The van der Waals surface area contributed by atoms with E-state index in [1.165, 1.54) is 4.57 Å². The molecular weight excluding hydrogens is 432 g/mol. The molecule has 4 aromatic rings. The topological polar surface area (TPSA) is 115 Å². The van der Waals surface area contributed by atoms with Crippen LogP contribution in [0.1, 0.15) is 37.2 Å². The molecule has 1 aliphatic rings. The lowest BCUT2D eigenvalue weighted by Gasteiger charge is -2.30. The zero-order chi connectivity index (χ0) is 23.8. The van der Waals surface area contributed by atoms with Gasteiger partial charge in [-0.2, -0.15) is 5.26 Å². The van der Waals surface area contributed by atoms with Crippen molar-refractivity contribution in [3.05, 3.63) is 64.5 Å². The molecule has 5 rings (SSSR count). The molecule has 1 N–H and O–H groups in total. The number of benzene rings is 1. The van der Waals surface area contributed by atoms with E-state index in [0.29, 0.717) is 23.5 Å². The van der Waals surface area contributed by atoms with Gasteiger partial charge in [-0.15, -0.1) is 0 Å². The van der Waals surface area contributed by atoms with Crippen molar-refractivity contribution in [3.63, 3.8) is 0 Å². The Bertz CT molecular complexity index is 1510. The van der Waals surface area contributed by atoms with Crippen LogP contribution in [0.15, 0.2) is 47.5 Å². The van der Waals surface area contributed by atoms with Crippen molar-refractivity contribution < 1.29 is 9.53 Å². The maximum absolute atomic E-state index is 13.0. The number of carbonyl (C=O) groups is 1. The van der Waals surface area contributed by atoms with Gasteiger partial charge in [0.15, 0.2) is 0 Å². The van der Waals surface area contributed by atoms with Crippen molar-refractivity contribution in [3.8, 4) is 6.07 Å². The van der Waals surface area contributed by atoms with E-state index in [9.17, 15) is 14.9 Å². The molecule has 3 aromatic heterocycles. The Labute approximate surface area is 195 Å². The molecule has 2 atom stereocenters. The molecule has 172 valence electrons. The SMILES string of the molecule is C[C@@H]1C[C@H](n2c(CC(=O)Nc3cccn(C)c3=O)nc3cnc4ccc(C#N)cc4c32)CCO1. The quantitative estimate of drug-likeness (QED) is 0.505. The minimum atomic E-state index is -0.324. The van der Waals surface area contributed by atoms with Crippen molar-refractivity contribution in [1.82, 2.24) is 19.1 Å². The molecule has 0 saturated carbocycles. The molecule has 9 nitrogen and oxygen atoms in total. The first kappa shape index (κ1) is 21.8. The maximum Gasteiger partial charge on any atom is 0.274 e. The number of aromatic nitrogens is 4. The molecule has 1 aromatic carbocycles. The molecule has 0 radical (unpaired) electrons. The van der Waals surface area contributed by atoms with Crippen LogP contribution < -0.4 is 10.9 Å². The molecule has 1 amide bonds. The van der Waals surface area contributed by atoms with Crippen LogP contribution in [-0.2, 0) is 23.0 Å². The number of nitriles is 1. The number of nitrogens with one attached hydrogen (secondary N) is 1. The smallest absolute Gasteiger partial charge is 0.274 e. The highest BCUT2D eigenvalue weighted by Crippen LogP contribution is 2.34. The van der Waals surface area contributed by atoms with E-state index in [1.807, 2.05) is 19.1 Å². The number of anilines is 1. The van der Waals surface area contributed by atoms with Gasteiger partial charge in [-0.1, -0.05) is 0 Å². The molecule has 0 aliphatic carbocycles. The van der Waals surface area contributed by atoms with Gasteiger partial charge < -0.3 is 19.2 Å². The van der Waals surface area contributed by atoms with Gasteiger partial charge in [0.25, 0.3) is 5.56 Å². The lowest BCUT2D eigenvalue weighted by atomic mass is 10.0. The third-order valence-corrected chi connectivity index (χ3v) is 6.26. The number of pyridine rings is 2. The zero-order valence-electron chi connectivity index (χ0n) is 19.0. The molecule has 34 heavy (non-hydrogen) atoms. The van der Waals surface area contributed by atoms with Gasteiger partial charge in [0.2, 0.25) is 5.91 Å². The van der Waals surface area contributed by atoms with Crippen LogP contribution in [0.4, 0.5) is 5.69 Å². The number of amides is 1. The fraction of sp³-hybridized carbons (Fsp3) is 0.320. The second-order valence-corrected chi connectivity index (χ2v) is 8.66. The number of carbonyl (C=O) groups excluding carboxylic acids is 1. The molecular formula is C25H24N6O3. The highest BCUT2D eigenvalue weighted by Gasteiger charge is 2.27. The summed E-state index contributed by atoms with van der Waals surface area (Å²) in [4.78, 5) is 34.6. The van der Waals surface area contributed by atoms with Crippen molar-refractivity contribution in [1.29, 1.82) is 5.26 Å². The van der Waals surface area contributed by atoms with E-state index in [0.717, 1.165) is 29.3 Å². The summed E-state index contributed by atoms with van der Waals surface area (Å²) in [5, 5.41) is 13.0. The standard InChI is InChI=1S/C25H24N6O3/c1-15-10-17(7-9-34-15)31-22(12-23(32)29-20-4-3-8-30(2)25(20)33)28-21-14-27-19-6-5-16(13-26)11-18(19)24(21)31/h3-6,8,11,14-15,17H,7,9-10,12H2,1-2H3,(H,29,32)/t15-,17-/m1/s1. The first-order chi connectivity index (χ1) is 16.4. The van der Waals surface area contributed by atoms with Crippen LogP contribution in [0.5, 0.6) is 0 Å². The van der Waals surface area contributed by atoms with Crippen molar-refractivity contribution in [2.24, 2.45) is 7.05 Å². The minimum absolute atomic E-state index is 0.00208. The van der Waals surface area contributed by atoms with Gasteiger partial charge in [0.1, 0.15) is 17.0 Å². The summed E-state index contributed by atoms with van der Waals surface area (Å²) < 4.78 is 9.29. The van der Waals surface area contributed by atoms with Gasteiger partial charge in [0, 0.05) is 31.3 Å². The molecule has 1 aliphatic heterocycles. The maximum atomic E-state index is 13.0. The largest absolute Gasteiger partial charge is 0.378 e. The highest BCUT2D eigenvalue weighted by molar-refractivity contribution is 6.03. The number of ether oxygens (including phenoxy) is 1. The summed E-state index contributed by atoms with van der Waals surface area (Å²) in [5.74, 6) is 0.269.